The lowest BCUT2D eigenvalue weighted by atomic mass is 10.0. The fourth-order valence-corrected chi connectivity index (χ4v) is 4.39. The van der Waals surface area contributed by atoms with Crippen molar-refractivity contribution < 1.29 is 29.1 Å². The van der Waals surface area contributed by atoms with E-state index in [0.717, 1.165) is 16.2 Å². The molecule has 0 aliphatic carbocycles. The minimum Gasteiger partial charge on any atom is -0.477 e. The van der Waals surface area contributed by atoms with E-state index in [0.29, 0.717) is 12.2 Å². The smallest absolute Gasteiger partial charge is 0.352 e. The van der Waals surface area contributed by atoms with Gasteiger partial charge in [0.05, 0.1) is 0 Å². The first-order valence-electron chi connectivity index (χ1n) is 7.44. The highest BCUT2D eigenvalue weighted by Gasteiger charge is 2.53. The Morgan fingerprint density at radius 2 is 2.30 bits per heavy atom. The molecule has 0 aromatic carbocycles. The molecule has 1 unspecified atom stereocenters. The molecule has 0 radical (unpaired) electrons. The van der Waals surface area contributed by atoms with Crippen LogP contribution in [0.25, 0.3) is 0 Å². The van der Waals surface area contributed by atoms with Gasteiger partial charge in [0, 0.05) is 11.1 Å². The van der Waals surface area contributed by atoms with Crippen molar-refractivity contribution in [3.63, 3.8) is 0 Å². The standard InChI is InChI=1S/C14H13N5O6S2/c1-25-18-8(6-4-27-14(16-6)15-5-20)10(21)17-9-11(22)19-7(13(23)24)2-3-26-12(9)19/h2,4-5,9,12H,3H2,1H3,(H,17,21)(H,23,24)(H,15,16,20)/t9?,12-/m0/s1. The highest BCUT2D eigenvalue weighted by atomic mass is 32.2. The van der Waals surface area contributed by atoms with Gasteiger partial charge < -0.3 is 20.6 Å². The summed E-state index contributed by atoms with van der Waals surface area (Å²) in [6.45, 7) is 0. The quantitative estimate of drug-likeness (QED) is 0.234. The largest absolute Gasteiger partial charge is 0.477 e. The molecule has 3 heterocycles. The molecule has 13 heteroatoms. The van der Waals surface area contributed by atoms with E-state index in [9.17, 15) is 19.2 Å². The second-order valence-electron chi connectivity index (χ2n) is 5.20. The average Bonchev–Trinajstić information content (AvgIpc) is 3.11. The maximum absolute atomic E-state index is 12.6. The number of carbonyl (C=O) groups excluding carboxylic acids is 3. The second kappa shape index (κ2) is 7.75. The van der Waals surface area contributed by atoms with Crippen molar-refractivity contribution >= 4 is 58.1 Å². The maximum Gasteiger partial charge on any atom is 0.352 e. The molecule has 3 amide bonds. The van der Waals surface area contributed by atoms with Crippen molar-refractivity contribution in [2.45, 2.75) is 11.4 Å². The number of rotatable bonds is 7. The molecule has 1 aromatic rings. The van der Waals surface area contributed by atoms with Gasteiger partial charge in [-0.1, -0.05) is 5.16 Å². The van der Waals surface area contributed by atoms with E-state index in [-0.39, 0.29) is 22.2 Å². The third-order valence-corrected chi connectivity index (χ3v) is 5.64. The van der Waals surface area contributed by atoms with E-state index in [2.05, 4.69) is 25.6 Å². The molecule has 11 nitrogen and oxygen atoms in total. The molecule has 2 atom stereocenters. The summed E-state index contributed by atoms with van der Waals surface area (Å²) >= 11 is 2.42. The summed E-state index contributed by atoms with van der Waals surface area (Å²) < 4.78 is 0. The number of hydrogen-bond acceptors (Lipinski definition) is 9. The van der Waals surface area contributed by atoms with Gasteiger partial charge in [-0.15, -0.1) is 23.1 Å². The van der Waals surface area contributed by atoms with Crippen LogP contribution in [0.4, 0.5) is 5.13 Å². The lowest BCUT2D eigenvalue weighted by Gasteiger charge is -2.48. The van der Waals surface area contributed by atoms with Gasteiger partial charge in [-0.25, -0.2) is 9.78 Å². The van der Waals surface area contributed by atoms with E-state index < -0.39 is 29.2 Å². The lowest BCUT2D eigenvalue weighted by Crippen LogP contribution is -2.70. The number of fused-ring (bicyclic) bond motifs is 1. The number of carboxylic acids is 1. The number of β-lactam (4-membered cyclic amide) rings is 1. The van der Waals surface area contributed by atoms with Gasteiger partial charge in [-0.3, -0.25) is 19.3 Å². The molecule has 2 aliphatic heterocycles. The van der Waals surface area contributed by atoms with Crippen LogP contribution >= 0.6 is 23.1 Å². The monoisotopic (exact) mass is 411 g/mol. The Kier molecular flexibility index (Phi) is 5.41. The predicted octanol–water partition coefficient (Wildman–Crippen LogP) is -0.570. The highest BCUT2D eigenvalue weighted by Crippen LogP contribution is 2.37. The molecule has 142 valence electrons. The molecule has 0 spiro atoms. The summed E-state index contributed by atoms with van der Waals surface area (Å²) in [5.74, 6) is -2.01. The zero-order valence-corrected chi connectivity index (χ0v) is 15.4. The van der Waals surface area contributed by atoms with Crippen LogP contribution in [0.5, 0.6) is 0 Å². The number of aliphatic carboxylic acids is 1. The van der Waals surface area contributed by atoms with Crippen LogP contribution in [0.3, 0.4) is 0 Å². The van der Waals surface area contributed by atoms with Crippen LogP contribution in [-0.4, -0.2) is 69.2 Å². The molecule has 1 saturated heterocycles. The minimum absolute atomic E-state index is 0.0934. The van der Waals surface area contributed by atoms with Crippen LogP contribution in [0, 0.1) is 0 Å². The van der Waals surface area contributed by atoms with Gasteiger partial charge in [0.25, 0.3) is 11.8 Å². The van der Waals surface area contributed by atoms with Crippen molar-refractivity contribution in [3.8, 4) is 0 Å². The number of thiazole rings is 1. The summed E-state index contributed by atoms with van der Waals surface area (Å²) in [5, 5.41) is 19.0. The molecule has 3 N–H and O–H groups in total. The molecule has 1 aromatic heterocycles. The molecule has 0 bridgehead atoms. The van der Waals surface area contributed by atoms with E-state index >= 15 is 0 Å². The first-order chi connectivity index (χ1) is 13.0. The minimum atomic E-state index is -1.20. The molecule has 3 rings (SSSR count). The zero-order chi connectivity index (χ0) is 19.6. The number of nitrogens with one attached hydrogen (secondary N) is 2. The van der Waals surface area contributed by atoms with Crippen LogP contribution in [0.15, 0.2) is 22.3 Å². The Morgan fingerprint density at radius 1 is 1.52 bits per heavy atom. The number of anilines is 1. The molecule has 0 saturated carbocycles. The SMILES string of the molecule is CON=C(C(=O)NC1C(=O)N2C(C(=O)O)=CCS[C@@H]12)c1csc(NC=O)n1. The van der Waals surface area contributed by atoms with Gasteiger partial charge in [-0.2, -0.15) is 0 Å². The Hall–Kier alpha value is -2.93. The van der Waals surface area contributed by atoms with E-state index in [1.165, 1.54) is 30.3 Å². The summed E-state index contributed by atoms with van der Waals surface area (Å²) in [6, 6.07) is -0.890. The summed E-state index contributed by atoms with van der Waals surface area (Å²) in [6.07, 6.45) is 1.90. The third-order valence-electron chi connectivity index (χ3n) is 3.68. The zero-order valence-electron chi connectivity index (χ0n) is 13.7. The molecule has 1 fully saturated rings. The van der Waals surface area contributed by atoms with Crippen LogP contribution in [0.2, 0.25) is 0 Å². The highest BCUT2D eigenvalue weighted by molar-refractivity contribution is 8.00. The lowest BCUT2D eigenvalue weighted by molar-refractivity contribution is -0.150. The molecular formula is C14H13N5O6S2. The Balaban J connectivity index is 1.74. The number of oxime groups is 1. The van der Waals surface area contributed by atoms with Gasteiger partial charge >= 0.3 is 5.97 Å². The van der Waals surface area contributed by atoms with Crippen molar-refractivity contribution in [1.29, 1.82) is 0 Å². The fraction of sp³-hybridized carbons (Fsp3) is 0.286. The number of carbonyl (C=O) groups is 4. The third kappa shape index (κ3) is 3.50. The van der Waals surface area contributed by atoms with Crippen molar-refractivity contribution in [2.24, 2.45) is 5.16 Å². The number of nitrogens with zero attached hydrogens (tertiary/aromatic N) is 3. The second-order valence-corrected chi connectivity index (χ2v) is 7.21. The number of carboxylic acid groups (broad SMARTS) is 1. The van der Waals surface area contributed by atoms with E-state index in [1.54, 1.807) is 0 Å². The number of aromatic nitrogens is 1. The van der Waals surface area contributed by atoms with Gasteiger partial charge in [0.15, 0.2) is 10.8 Å². The summed E-state index contributed by atoms with van der Waals surface area (Å²) in [4.78, 5) is 56.5. The summed E-state index contributed by atoms with van der Waals surface area (Å²) in [7, 11) is 1.25. The first kappa shape index (κ1) is 18.8. The summed E-state index contributed by atoms with van der Waals surface area (Å²) in [5.41, 5.74) is -0.104. The number of hydrogen-bond donors (Lipinski definition) is 3. The fourth-order valence-electron chi connectivity index (χ4n) is 2.54. The van der Waals surface area contributed by atoms with Crippen LogP contribution in [-0.2, 0) is 24.0 Å². The van der Waals surface area contributed by atoms with Crippen LogP contribution in [0.1, 0.15) is 5.69 Å². The number of amides is 3. The molecule has 27 heavy (non-hydrogen) atoms. The van der Waals surface area contributed by atoms with Gasteiger partial charge in [-0.05, 0) is 6.08 Å². The van der Waals surface area contributed by atoms with Gasteiger partial charge in [0.1, 0.15) is 29.9 Å². The van der Waals surface area contributed by atoms with Gasteiger partial charge in [0.2, 0.25) is 6.41 Å². The first-order valence-corrected chi connectivity index (χ1v) is 9.37. The molecular weight excluding hydrogens is 398 g/mol. The topological polar surface area (TPSA) is 150 Å². The Morgan fingerprint density at radius 3 is 2.96 bits per heavy atom. The van der Waals surface area contributed by atoms with Crippen molar-refractivity contribution in [2.75, 3.05) is 18.2 Å². The molecule has 2 aliphatic rings. The van der Waals surface area contributed by atoms with Crippen LogP contribution < -0.4 is 10.6 Å². The maximum atomic E-state index is 12.6. The van der Waals surface area contributed by atoms with E-state index in [1.807, 2.05) is 0 Å². The average molecular weight is 411 g/mol. The predicted molar refractivity (Wildman–Crippen MR) is 96.1 cm³/mol. The van der Waals surface area contributed by atoms with E-state index in [4.69, 9.17) is 5.11 Å². The number of thioether (sulfide) groups is 1. The van der Waals surface area contributed by atoms with Crippen molar-refractivity contribution in [3.05, 3.63) is 22.8 Å². The Bertz CT molecular complexity index is 866. The normalized spacial score (nSPS) is 21.5. The van der Waals surface area contributed by atoms with Crippen molar-refractivity contribution in [1.82, 2.24) is 15.2 Å². The Labute approximate surface area is 160 Å².